The lowest BCUT2D eigenvalue weighted by atomic mass is 9.70. The van der Waals surface area contributed by atoms with Crippen molar-refractivity contribution < 1.29 is 4.79 Å². The van der Waals surface area contributed by atoms with Crippen molar-refractivity contribution in [3.05, 3.63) is 69.7 Å². The number of likely N-dealkylation sites (tertiary alicyclic amines) is 2. The smallest absolute Gasteiger partial charge is 0.253 e. The summed E-state index contributed by atoms with van der Waals surface area (Å²) in [6.45, 7) is 9.56. The van der Waals surface area contributed by atoms with Gasteiger partial charge in [0.2, 0.25) is 0 Å². The van der Waals surface area contributed by atoms with Crippen LogP contribution >= 0.6 is 23.2 Å². The Kier molecular flexibility index (Phi) is 8.00. The molecule has 3 saturated heterocycles. The van der Waals surface area contributed by atoms with Gasteiger partial charge in [-0.3, -0.25) is 9.69 Å². The predicted octanol–water partition coefficient (Wildman–Crippen LogP) is 4.54. The lowest BCUT2D eigenvalue weighted by molar-refractivity contribution is 0.0240. The number of rotatable bonds is 7. The summed E-state index contributed by atoms with van der Waals surface area (Å²) < 4.78 is 0. The quantitative estimate of drug-likeness (QED) is 0.588. The molecule has 0 bridgehead atoms. The summed E-state index contributed by atoms with van der Waals surface area (Å²) in [6, 6.07) is 16.4. The Labute approximate surface area is 219 Å². The van der Waals surface area contributed by atoms with Crippen molar-refractivity contribution in [1.29, 1.82) is 0 Å². The molecule has 2 aromatic carbocycles. The van der Waals surface area contributed by atoms with Crippen LogP contribution in [0.3, 0.4) is 0 Å². The van der Waals surface area contributed by atoms with E-state index in [0.717, 1.165) is 70.0 Å². The number of piperidine rings is 1. The number of halogens is 2. The summed E-state index contributed by atoms with van der Waals surface area (Å²) in [4.78, 5) is 20.6. The van der Waals surface area contributed by atoms with Crippen molar-refractivity contribution >= 4 is 29.1 Å². The fourth-order valence-corrected chi connectivity index (χ4v) is 6.42. The first-order chi connectivity index (χ1) is 17.0. The van der Waals surface area contributed by atoms with Crippen LogP contribution in [0.15, 0.2) is 48.5 Å². The lowest BCUT2D eigenvalue weighted by Gasteiger charge is -2.48. The van der Waals surface area contributed by atoms with Gasteiger partial charge in [0.15, 0.2) is 0 Å². The third-order valence-electron chi connectivity index (χ3n) is 8.15. The van der Waals surface area contributed by atoms with Gasteiger partial charge >= 0.3 is 0 Å². The molecule has 7 heteroatoms. The molecule has 1 amide bonds. The molecule has 3 fully saturated rings. The Morgan fingerprint density at radius 2 is 1.77 bits per heavy atom. The number of amides is 1. The van der Waals surface area contributed by atoms with E-state index in [-0.39, 0.29) is 11.3 Å². The van der Waals surface area contributed by atoms with Crippen molar-refractivity contribution in [3.63, 3.8) is 0 Å². The number of hydrogen-bond acceptors (Lipinski definition) is 4. The molecule has 0 aromatic heterocycles. The second-order valence-corrected chi connectivity index (χ2v) is 11.2. The molecule has 3 aliphatic heterocycles. The highest BCUT2D eigenvalue weighted by atomic mass is 35.5. The van der Waals surface area contributed by atoms with Gasteiger partial charge in [0, 0.05) is 69.4 Å². The first kappa shape index (κ1) is 25.0. The largest absolute Gasteiger partial charge is 0.338 e. The fraction of sp³-hybridized carbons (Fsp3) is 0.536. The minimum atomic E-state index is -0.0975. The molecule has 35 heavy (non-hydrogen) atoms. The van der Waals surface area contributed by atoms with Gasteiger partial charge in [-0.2, -0.15) is 0 Å². The van der Waals surface area contributed by atoms with Crippen LogP contribution in [0.5, 0.6) is 0 Å². The molecule has 1 N–H and O–H groups in total. The predicted molar refractivity (Wildman–Crippen MR) is 144 cm³/mol. The third-order valence-corrected chi connectivity index (χ3v) is 8.89. The van der Waals surface area contributed by atoms with Crippen LogP contribution in [0.1, 0.15) is 41.6 Å². The first-order valence-corrected chi connectivity index (χ1v) is 13.8. The number of nitrogens with one attached hydrogen (secondary N) is 1. The zero-order valence-corrected chi connectivity index (χ0v) is 21.9. The van der Waals surface area contributed by atoms with Crippen LogP contribution in [0.4, 0.5) is 0 Å². The molecular weight excluding hydrogens is 479 g/mol. The Bertz CT molecular complexity index is 1010. The molecule has 1 unspecified atom stereocenters. The normalized spacial score (nSPS) is 24.3. The number of hydrogen-bond donors (Lipinski definition) is 1. The van der Waals surface area contributed by atoms with Crippen molar-refractivity contribution in [3.8, 4) is 0 Å². The molecule has 2 aromatic rings. The number of carbonyl (C=O) groups is 1. The highest BCUT2D eigenvalue weighted by Gasteiger charge is 2.39. The highest BCUT2D eigenvalue weighted by molar-refractivity contribution is 6.42. The van der Waals surface area contributed by atoms with Gasteiger partial charge in [0.1, 0.15) is 0 Å². The molecular formula is C28H36Cl2N4O. The molecule has 0 radical (unpaired) electrons. The topological polar surface area (TPSA) is 38.8 Å². The second kappa shape index (κ2) is 11.2. The van der Waals surface area contributed by atoms with Gasteiger partial charge in [-0.15, -0.1) is 0 Å². The van der Waals surface area contributed by atoms with E-state index in [1.807, 2.05) is 47.4 Å². The molecule has 3 aliphatic rings. The van der Waals surface area contributed by atoms with Gasteiger partial charge in [-0.1, -0.05) is 47.5 Å². The van der Waals surface area contributed by atoms with Gasteiger partial charge in [0.25, 0.3) is 5.91 Å². The zero-order chi connectivity index (χ0) is 24.3. The molecule has 3 heterocycles. The minimum Gasteiger partial charge on any atom is -0.338 e. The maximum atomic E-state index is 13.3. The molecule has 0 saturated carbocycles. The Balaban J connectivity index is 1.26. The van der Waals surface area contributed by atoms with Gasteiger partial charge in [0.05, 0.1) is 10.0 Å². The Hall–Kier alpha value is -1.63. The lowest BCUT2D eigenvalue weighted by Crippen LogP contribution is -2.62. The van der Waals surface area contributed by atoms with Gasteiger partial charge < -0.3 is 15.1 Å². The first-order valence-electron chi connectivity index (χ1n) is 13.0. The van der Waals surface area contributed by atoms with E-state index in [2.05, 4.69) is 21.2 Å². The van der Waals surface area contributed by atoms with E-state index in [9.17, 15) is 4.79 Å². The van der Waals surface area contributed by atoms with Gasteiger partial charge in [-0.05, 0) is 62.1 Å². The van der Waals surface area contributed by atoms with Crippen LogP contribution in [-0.2, 0) is 5.41 Å². The molecule has 5 rings (SSSR count). The van der Waals surface area contributed by atoms with Crippen molar-refractivity contribution in [2.24, 2.45) is 0 Å². The maximum absolute atomic E-state index is 13.3. The zero-order valence-electron chi connectivity index (χ0n) is 20.4. The summed E-state index contributed by atoms with van der Waals surface area (Å²) in [6.07, 6.45) is 4.21. The summed E-state index contributed by atoms with van der Waals surface area (Å²) in [7, 11) is 0. The van der Waals surface area contributed by atoms with Crippen LogP contribution in [0.25, 0.3) is 0 Å². The highest BCUT2D eigenvalue weighted by Crippen LogP contribution is 2.41. The third kappa shape index (κ3) is 5.70. The molecule has 5 nitrogen and oxygen atoms in total. The van der Waals surface area contributed by atoms with Gasteiger partial charge in [-0.25, -0.2) is 0 Å². The summed E-state index contributed by atoms with van der Waals surface area (Å²) in [5.74, 6) is 0.122. The fourth-order valence-electron chi connectivity index (χ4n) is 6.12. The number of nitrogens with zero attached hydrogens (tertiary/aromatic N) is 3. The number of benzene rings is 2. The molecule has 188 valence electrons. The monoisotopic (exact) mass is 514 g/mol. The standard InChI is InChI=1S/C28H36Cl2N4O/c29-25-9-8-23(18-26(25)30)28(10-4-14-32-19-24(20-32)33-16-12-31-13-17-33)11-5-15-34(21-28)27(35)22-6-2-1-3-7-22/h1-3,6-9,18,24,31H,4-5,10-17,19-21H2. The maximum Gasteiger partial charge on any atom is 0.253 e. The van der Waals surface area contributed by atoms with Crippen molar-refractivity contribution in [1.82, 2.24) is 20.0 Å². The molecule has 1 atom stereocenters. The summed E-state index contributed by atoms with van der Waals surface area (Å²) in [5.41, 5.74) is 1.87. The van der Waals surface area contributed by atoms with Crippen molar-refractivity contribution in [2.75, 3.05) is 58.9 Å². The number of carbonyl (C=O) groups excluding carboxylic acids is 1. The van der Waals surface area contributed by atoms with E-state index in [1.54, 1.807) is 0 Å². The van der Waals surface area contributed by atoms with Crippen LogP contribution in [0.2, 0.25) is 10.0 Å². The van der Waals surface area contributed by atoms with Crippen LogP contribution in [0, 0.1) is 0 Å². The Morgan fingerprint density at radius 1 is 1.00 bits per heavy atom. The van der Waals surface area contributed by atoms with E-state index in [1.165, 1.54) is 31.7 Å². The Morgan fingerprint density at radius 3 is 2.51 bits per heavy atom. The van der Waals surface area contributed by atoms with E-state index >= 15 is 0 Å². The van der Waals surface area contributed by atoms with Crippen LogP contribution < -0.4 is 5.32 Å². The second-order valence-electron chi connectivity index (χ2n) is 10.4. The van der Waals surface area contributed by atoms with E-state index < -0.39 is 0 Å². The van der Waals surface area contributed by atoms with Crippen molar-refractivity contribution in [2.45, 2.75) is 37.1 Å². The van der Waals surface area contributed by atoms with E-state index in [0.29, 0.717) is 10.0 Å². The average Bonchev–Trinajstić information content (AvgIpc) is 2.87. The SMILES string of the molecule is O=C(c1ccccc1)N1CCCC(CCCN2CC(N3CCNCC3)C2)(c2ccc(Cl)c(Cl)c2)C1. The number of piperazine rings is 1. The summed E-state index contributed by atoms with van der Waals surface area (Å²) in [5, 5.41) is 4.62. The average molecular weight is 516 g/mol. The molecule has 0 aliphatic carbocycles. The summed E-state index contributed by atoms with van der Waals surface area (Å²) >= 11 is 12.7. The minimum absolute atomic E-state index is 0.0975. The van der Waals surface area contributed by atoms with Crippen LogP contribution in [-0.4, -0.2) is 85.6 Å². The molecule has 0 spiro atoms. The van der Waals surface area contributed by atoms with E-state index in [4.69, 9.17) is 23.2 Å².